The second-order valence-electron chi connectivity index (χ2n) is 34.8. The number of rotatable bonds is 24. The van der Waals surface area contributed by atoms with E-state index in [1.165, 1.54) is 22.7 Å². The average molecular weight is 2110 g/mol. The summed E-state index contributed by atoms with van der Waals surface area (Å²) in [5.74, 6) is -15.7. The van der Waals surface area contributed by atoms with Crippen LogP contribution in [0, 0.1) is 0 Å². The lowest BCUT2D eigenvalue weighted by atomic mass is 9.79. The highest BCUT2D eigenvalue weighted by atomic mass is 79.9. The SMILES string of the molecule is CC1(C)OB(c2ccc(C(=O)N3CC(F)(F)C3)cc2)OC1(C)C.CC1(C)OB(c2ccc(C(=O)O)cc2)OC1(C)C.CS(=O)(=O)C(C(=O)NCCS(N)(=O)=O)c1nc2ccc(-c3ccc(C(=O)N4CC(F)(F)C4)cc3)cc2s1.FC1(F)CNC1.NS(=O)(=O)CCNC(=O)Cc1nc2ccc(-c3ccc(C(=O)N4CC(F)(F)C4)cc3)cc2s1.NS(=O)(=O)CCNC(=O)Cc1nc2ccc(Br)cc2s1. The topological polar surface area (TPSA) is 488 Å². The maximum absolute atomic E-state index is 13.1. The molecule has 137 heavy (non-hydrogen) atoms. The number of amides is 6. The normalized spacial score (nSPS) is 17.9. The highest BCUT2D eigenvalue weighted by Gasteiger charge is 2.54. The lowest BCUT2D eigenvalue weighted by Gasteiger charge is -2.38. The second-order valence-corrected chi connectivity index (χ2v) is 46.3. The monoisotopic (exact) mass is 2110 g/mol. The zero-order valence-corrected chi connectivity index (χ0v) is 82.2. The van der Waals surface area contributed by atoms with Crippen molar-refractivity contribution in [2.24, 2.45) is 15.4 Å². The van der Waals surface area contributed by atoms with E-state index < -0.39 is 163 Å². The molecule has 0 radical (unpaired) electrons. The lowest BCUT2D eigenvalue weighted by Crippen LogP contribution is -2.58. The van der Waals surface area contributed by atoms with Crippen molar-refractivity contribution in [2.75, 3.05) is 95.5 Å². The van der Waals surface area contributed by atoms with Gasteiger partial charge in [-0.25, -0.2) is 104 Å². The number of benzene rings is 7. The van der Waals surface area contributed by atoms with Crippen LogP contribution in [0.4, 0.5) is 35.1 Å². The number of sulfone groups is 1. The lowest BCUT2D eigenvalue weighted by molar-refractivity contribution is -0.121. The van der Waals surface area contributed by atoms with Gasteiger partial charge in [0, 0.05) is 47.1 Å². The van der Waals surface area contributed by atoms with Gasteiger partial charge in [-0.1, -0.05) is 76.6 Å². The fourth-order valence-corrected chi connectivity index (χ4v) is 19.6. The first-order valence-electron chi connectivity index (χ1n) is 41.7. The Balaban J connectivity index is 0.000000165. The molecular formula is C86H96B2BrF8N13O20S7. The molecule has 33 nitrogen and oxygen atoms in total. The number of likely N-dealkylation sites (tertiary alicyclic amines) is 3. The summed E-state index contributed by atoms with van der Waals surface area (Å²) in [5.41, 5.74) is 6.47. The van der Waals surface area contributed by atoms with E-state index in [1.54, 1.807) is 115 Å². The number of carboxylic acids is 1. The summed E-state index contributed by atoms with van der Waals surface area (Å²) in [6, 6.07) is 42.9. The largest absolute Gasteiger partial charge is 0.494 e. The number of nitrogens with one attached hydrogen (secondary N) is 4. The Morgan fingerprint density at radius 3 is 1.05 bits per heavy atom. The first-order chi connectivity index (χ1) is 63.4. The van der Waals surface area contributed by atoms with E-state index in [9.17, 15) is 102 Å². The number of aromatic nitrogens is 3. The van der Waals surface area contributed by atoms with Crippen LogP contribution in [-0.4, -0.2) is 266 Å². The van der Waals surface area contributed by atoms with Crippen LogP contribution in [0.5, 0.6) is 0 Å². The summed E-state index contributed by atoms with van der Waals surface area (Å²) in [5, 5.41) is 32.9. The predicted octanol–water partition coefficient (Wildman–Crippen LogP) is 8.54. The Morgan fingerprint density at radius 1 is 0.438 bits per heavy atom. The summed E-state index contributed by atoms with van der Waals surface area (Å²) in [7, 11) is -15.9. The minimum absolute atomic E-state index is 0.00805. The van der Waals surface area contributed by atoms with Gasteiger partial charge in [-0.05, 0) is 180 Å². The number of nitrogens with two attached hydrogens (primary N) is 3. The van der Waals surface area contributed by atoms with Crippen molar-refractivity contribution in [2.45, 2.75) is 120 Å². The van der Waals surface area contributed by atoms with E-state index in [0.29, 0.717) is 31.4 Å². The third-order valence-corrected chi connectivity index (χ3v) is 29.7. The number of carbonyl (C=O) groups excluding carboxylic acids is 6. The van der Waals surface area contributed by atoms with Gasteiger partial charge in [0.25, 0.3) is 41.4 Å². The highest BCUT2D eigenvalue weighted by Crippen LogP contribution is 2.41. The van der Waals surface area contributed by atoms with Gasteiger partial charge in [-0.2, -0.15) is 0 Å². The molecular weight excluding hydrogens is 2010 g/mol. The molecule has 0 saturated carbocycles. The zero-order chi connectivity index (χ0) is 101. The molecule has 0 bridgehead atoms. The minimum atomic E-state index is -3.95. The van der Waals surface area contributed by atoms with Crippen LogP contribution < -0.4 is 47.6 Å². The number of aromatic carboxylic acids is 1. The summed E-state index contributed by atoms with van der Waals surface area (Å²) < 4.78 is 218. The number of nitrogens with zero attached hydrogens (tertiary/aromatic N) is 6. The van der Waals surface area contributed by atoms with Crippen molar-refractivity contribution in [1.82, 2.24) is 50.9 Å². The van der Waals surface area contributed by atoms with Crippen molar-refractivity contribution >= 4 is 187 Å². The van der Waals surface area contributed by atoms with Gasteiger partial charge in [0.15, 0.2) is 15.1 Å². The molecule has 3 aromatic heterocycles. The molecule has 6 aliphatic rings. The maximum Gasteiger partial charge on any atom is 0.494 e. The Labute approximate surface area is 804 Å². The number of primary sulfonamides is 3. The van der Waals surface area contributed by atoms with Gasteiger partial charge < -0.3 is 59.7 Å². The van der Waals surface area contributed by atoms with E-state index in [0.717, 1.165) is 90.4 Å². The number of hydrogen-bond acceptors (Lipinski definition) is 26. The molecule has 7 aromatic carbocycles. The van der Waals surface area contributed by atoms with E-state index in [4.69, 9.17) is 39.1 Å². The van der Waals surface area contributed by atoms with E-state index >= 15 is 0 Å². The standard InChI is InChI=1S/C22H22F2N4O6S3.C21H20F2N4O4S2.C16H20BF2NO3.C13H17BO4.C11H12BrN3O3S2.C3H5F2N/c1-36(31,32)18(19(29)26-8-9-37(25,33)34)20-27-16-7-6-15(10-17(16)35-20)13-2-4-14(5-3-13)21(30)28-11-22(23,24)12-28;22-21(23)11-27(12-21)20(29)14-3-1-13(2-4-14)15-5-6-16-17(9-15)32-19(26-16)10-18(28)25-7-8-33(24,30)31;1-14(2)15(3,4)23-17(22-14)12-7-5-11(6-8-12)13(21)20-9-16(18,19)10-20;1-12(2)13(3,4)18-14(17-12)10-7-5-9(6-8-10)11(15)16;12-7-1-2-8-9(5-7)19-11(15-8)6-10(16)14-3-4-20(13,17)18;4-3(5)1-6-2-3/h2-7,10,18H,8-9,11-12H2,1H3,(H,26,29)(H2,25,33,34);1-6,9H,7-8,10-12H2,(H,25,28)(H2,24,30,31);5-8H,9-10H2,1-4H3;5-8H,1-4H3,(H,15,16);1-2,5H,3-4,6H2,(H,14,16)(H2,13,17,18);6H,1-2H2. The van der Waals surface area contributed by atoms with E-state index in [-0.39, 0.29) is 102 Å². The van der Waals surface area contributed by atoms with Gasteiger partial charge >= 0.3 is 20.2 Å². The zero-order valence-electron chi connectivity index (χ0n) is 74.9. The van der Waals surface area contributed by atoms with Crippen LogP contribution in [0.1, 0.15) is 117 Å². The number of carboxylic acid groups (broad SMARTS) is 1. The Hall–Kier alpha value is -9.97. The van der Waals surface area contributed by atoms with Gasteiger partial charge in [0.2, 0.25) is 47.8 Å². The first kappa shape index (κ1) is 107. The van der Waals surface area contributed by atoms with Crippen LogP contribution in [0.3, 0.4) is 0 Å². The molecule has 0 aliphatic carbocycles. The third-order valence-electron chi connectivity index (χ3n) is 22.3. The molecule has 9 heterocycles. The third kappa shape index (κ3) is 29.6. The summed E-state index contributed by atoms with van der Waals surface area (Å²) in [6.07, 6.45) is 1.03. The van der Waals surface area contributed by atoms with Crippen LogP contribution in [0.15, 0.2) is 156 Å². The van der Waals surface area contributed by atoms with Crippen LogP contribution >= 0.6 is 49.9 Å². The molecule has 6 fully saturated rings. The van der Waals surface area contributed by atoms with Crippen molar-refractivity contribution in [1.29, 1.82) is 0 Å². The molecule has 0 spiro atoms. The van der Waals surface area contributed by atoms with Crippen LogP contribution in [-0.2, 0) is 85.7 Å². The second kappa shape index (κ2) is 42.2. The number of carbonyl (C=O) groups is 7. The number of sulfonamides is 3. The molecule has 6 amide bonds. The average Bonchev–Trinajstić information content (AvgIpc) is 1.52. The predicted molar refractivity (Wildman–Crippen MR) is 507 cm³/mol. The van der Waals surface area contributed by atoms with Crippen molar-refractivity contribution in [3.05, 3.63) is 193 Å². The fourth-order valence-electron chi connectivity index (χ4n) is 13.4. The molecule has 6 aliphatic heterocycles. The number of halogens is 9. The molecule has 11 N–H and O–H groups in total. The summed E-state index contributed by atoms with van der Waals surface area (Å²) in [6.45, 7) is 11.8. The van der Waals surface area contributed by atoms with Crippen LogP contribution in [0.25, 0.3) is 52.9 Å². The van der Waals surface area contributed by atoms with Crippen molar-refractivity contribution in [3.8, 4) is 22.3 Å². The summed E-state index contributed by atoms with van der Waals surface area (Å²) in [4.78, 5) is 100. The van der Waals surface area contributed by atoms with Crippen molar-refractivity contribution < 1.29 is 126 Å². The molecule has 1 atom stereocenters. The number of alkyl halides is 8. The number of hydrogen-bond donors (Lipinski definition) is 8. The molecule has 51 heteroatoms. The molecule has 16 rings (SSSR count). The van der Waals surface area contributed by atoms with Crippen molar-refractivity contribution in [3.63, 3.8) is 0 Å². The highest BCUT2D eigenvalue weighted by molar-refractivity contribution is 9.10. The molecule has 1 unspecified atom stereocenters. The van der Waals surface area contributed by atoms with Gasteiger partial charge in [0.05, 0.1) is 141 Å². The molecule has 10 aromatic rings. The summed E-state index contributed by atoms with van der Waals surface area (Å²) >= 11 is 7.16. The Bertz CT molecular complexity index is 6620. The van der Waals surface area contributed by atoms with E-state index in [2.05, 4.69) is 52.1 Å². The Morgan fingerprint density at radius 2 is 0.737 bits per heavy atom. The maximum atomic E-state index is 13.1. The smallest absolute Gasteiger partial charge is 0.478 e. The molecule has 736 valence electrons. The molecule has 6 saturated heterocycles. The Kier molecular flexibility index (Phi) is 33.1. The minimum Gasteiger partial charge on any atom is -0.478 e. The van der Waals surface area contributed by atoms with Gasteiger partial charge in [-0.15, -0.1) is 34.0 Å². The number of thiazole rings is 3. The van der Waals surface area contributed by atoms with Crippen LogP contribution in [0.2, 0.25) is 0 Å². The van der Waals surface area contributed by atoms with Gasteiger partial charge in [0.1, 0.15) is 15.0 Å². The number of fused-ring (bicyclic) bond motifs is 3. The first-order valence-corrected chi connectivity index (χ1v) is 52.1. The van der Waals surface area contributed by atoms with Gasteiger partial charge in [-0.3, -0.25) is 28.8 Å². The quantitative estimate of drug-likeness (QED) is 0.0207. The van der Waals surface area contributed by atoms with E-state index in [1.807, 2.05) is 91.8 Å². The fraction of sp³-hybridized carbons (Fsp3) is 0.395.